The quantitative estimate of drug-likeness (QED) is 0.713. The van der Waals surface area contributed by atoms with Crippen molar-refractivity contribution in [2.24, 2.45) is 0 Å². The molecular formula is C12H26N2O3S. The van der Waals surface area contributed by atoms with Crippen molar-refractivity contribution in [2.45, 2.75) is 51.2 Å². The van der Waals surface area contributed by atoms with Crippen molar-refractivity contribution < 1.29 is 13.5 Å². The molecule has 0 aromatic carbocycles. The first kappa shape index (κ1) is 15.9. The van der Waals surface area contributed by atoms with Gasteiger partial charge in [-0.15, -0.1) is 0 Å². The van der Waals surface area contributed by atoms with Crippen molar-refractivity contribution in [3.63, 3.8) is 0 Å². The Kier molecular flexibility index (Phi) is 6.55. The first-order chi connectivity index (χ1) is 8.42. The molecule has 1 rings (SSSR count). The maximum absolute atomic E-state index is 11.0. The van der Waals surface area contributed by atoms with Crippen molar-refractivity contribution in [3.8, 4) is 0 Å². The van der Waals surface area contributed by atoms with Crippen LogP contribution >= 0.6 is 0 Å². The maximum Gasteiger partial charge on any atom is 0.208 e. The molecular weight excluding hydrogens is 252 g/mol. The first-order valence-corrected chi connectivity index (χ1v) is 8.68. The van der Waals surface area contributed by atoms with E-state index in [0.29, 0.717) is 19.1 Å². The van der Waals surface area contributed by atoms with Crippen LogP contribution in [-0.2, 0) is 10.0 Å². The number of hydrogen-bond acceptors (Lipinski definition) is 4. The van der Waals surface area contributed by atoms with E-state index in [1.807, 2.05) is 6.92 Å². The van der Waals surface area contributed by atoms with E-state index in [1.54, 1.807) is 0 Å². The van der Waals surface area contributed by atoms with Crippen LogP contribution in [0.5, 0.6) is 0 Å². The fourth-order valence-electron chi connectivity index (χ4n) is 2.44. The predicted octanol–water partition coefficient (Wildman–Crippen LogP) is 0.551. The number of β-amino-alcohol motifs (C(OH)–C–C–N with tert-alkyl or cyclic N) is 1. The molecule has 0 spiro atoms. The number of aliphatic hydroxyl groups excluding tert-OH is 1. The molecule has 6 heteroatoms. The molecule has 108 valence electrons. The molecule has 1 heterocycles. The smallest absolute Gasteiger partial charge is 0.208 e. The minimum Gasteiger partial charge on any atom is -0.392 e. The van der Waals surface area contributed by atoms with E-state index in [9.17, 15) is 13.5 Å². The van der Waals surface area contributed by atoms with Gasteiger partial charge in [0.15, 0.2) is 0 Å². The van der Waals surface area contributed by atoms with Gasteiger partial charge in [0, 0.05) is 19.1 Å². The lowest BCUT2D eigenvalue weighted by Crippen LogP contribution is -2.45. The summed E-state index contributed by atoms with van der Waals surface area (Å²) in [4.78, 5) is 2.31. The number of sulfonamides is 1. The third-order valence-electron chi connectivity index (χ3n) is 3.51. The van der Waals surface area contributed by atoms with Crippen LogP contribution in [0.4, 0.5) is 0 Å². The Bertz CT molecular complexity index is 332. The normalized spacial score (nSPS) is 24.1. The van der Waals surface area contributed by atoms with Crippen LogP contribution in [0.2, 0.25) is 0 Å². The SMILES string of the molecule is CCC(O)CN1CCCCC1CCNS(C)(=O)=O. The van der Waals surface area contributed by atoms with Crippen LogP contribution in [0.15, 0.2) is 0 Å². The van der Waals surface area contributed by atoms with E-state index in [1.165, 1.54) is 19.1 Å². The molecule has 0 aliphatic carbocycles. The van der Waals surface area contributed by atoms with Gasteiger partial charge in [0.1, 0.15) is 0 Å². The third-order valence-corrected chi connectivity index (χ3v) is 4.24. The van der Waals surface area contributed by atoms with E-state index < -0.39 is 10.0 Å². The minimum absolute atomic E-state index is 0.270. The summed E-state index contributed by atoms with van der Waals surface area (Å²) in [5.74, 6) is 0. The highest BCUT2D eigenvalue weighted by molar-refractivity contribution is 7.88. The van der Waals surface area contributed by atoms with Gasteiger partial charge in [-0.25, -0.2) is 13.1 Å². The molecule has 18 heavy (non-hydrogen) atoms. The average Bonchev–Trinajstić information content (AvgIpc) is 2.29. The Hall–Kier alpha value is -0.170. The zero-order valence-electron chi connectivity index (χ0n) is 11.4. The zero-order valence-corrected chi connectivity index (χ0v) is 12.2. The summed E-state index contributed by atoms with van der Waals surface area (Å²) in [7, 11) is -3.09. The molecule has 0 radical (unpaired) electrons. The van der Waals surface area contributed by atoms with E-state index in [4.69, 9.17) is 0 Å². The van der Waals surface area contributed by atoms with Crippen molar-refractivity contribution in [1.82, 2.24) is 9.62 Å². The van der Waals surface area contributed by atoms with Crippen LogP contribution in [0, 0.1) is 0 Å². The third kappa shape index (κ3) is 6.13. The Morgan fingerprint density at radius 3 is 2.78 bits per heavy atom. The second-order valence-electron chi connectivity index (χ2n) is 5.16. The lowest BCUT2D eigenvalue weighted by Gasteiger charge is -2.36. The van der Waals surface area contributed by atoms with E-state index in [-0.39, 0.29) is 6.10 Å². The predicted molar refractivity (Wildman–Crippen MR) is 73.0 cm³/mol. The van der Waals surface area contributed by atoms with Gasteiger partial charge in [0.25, 0.3) is 0 Å². The Morgan fingerprint density at radius 2 is 2.17 bits per heavy atom. The van der Waals surface area contributed by atoms with Gasteiger partial charge in [-0.2, -0.15) is 0 Å². The summed E-state index contributed by atoms with van der Waals surface area (Å²) in [6.07, 6.45) is 5.98. The fraction of sp³-hybridized carbons (Fsp3) is 1.00. The van der Waals surface area contributed by atoms with Gasteiger partial charge in [-0.3, -0.25) is 4.90 Å². The second kappa shape index (κ2) is 7.43. The molecule has 0 aromatic heterocycles. The lowest BCUT2D eigenvalue weighted by molar-refractivity contribution is 0.0629. The second-order valence-corrected chi connectivity index (χ2v) is 6.99. The largest absolute Gasteiger partial charge is 0.392 e. The van der Waals surface area contributed by atoms with Gasteiger partial charge in [0.2, 0.25) is 10.0 Å². The highest BCUT2D eigenvalue weighted by atomic mass is 32.2. The molecule has 0 bridgehead atoms. The topological polar surface area (TPSA) is 69.6 Å². The highest BCUT2D eigenvalue weighted by Crippen LogP contribution is 2.19. The van der Waals surface area contributed by atoms with Gasteiger partial charge in [0.05, 0.1) is 12.4 Å². The molecule has 1 saturated heterocycles. The molecule has 0 saturated carbocycles. The van der Waals surface area contributed by atoms with Crippen LogP contribution in [0.25, 0.3) is 0 Å². The molecule has 1 fully saturated rings. The summed E-state index contributed by atoms with van der Waals surface area (Å²) in [6, 6.07) is 0.397. The molecule has 0 amide bonds. The fourth-order valence-corrected chi connectivity index (χ4v) is 2.93. The summed E-state index contributed by atoms with van der Waals surface area (Å²) in [6.45, 7) is 4.19. The van der Waals surface area contributed by atoms with E-state index >= 15 is 0 Å². The molecule has 1 aliphatic rings. The van der Waals surface area contributed by atoms with Crippen molar-refractivity contribution in [3.05, 3.63) is 0 Å². The minimum atomic E-state index is -3.09. The van der Waals surface area contributed by atoms with Crippen LogP contribution in [0.3, 0.4) is 0 Å². The standard InChI is InChI=1S/C12H26N2O3S/c1-3-12(15)10-14-9-5-4-6-11(14)7-8-13-18(2,16)17/h11-13,15H,3-10H2,1-2H3. The Labute approximate surface area is 111 Å². The number of rotatable bonds is 7. The molecule has 2 atom stereocenters. The number of nitrogens with one attached hydrogen (secondary N) is 1. The van der Waals surface area contributed by atoms with Crippen LogP contribution < -0.4 is 4.72 Å². The van der Waals surface area contributed by atoms with Crippen LogP contribution in [-0.4, -0.2) is 56.5 Å². The van der Waals surface area contributed by atoms with E-state index in [2.05, 4.69) is 9.62 Å². The highest BCUT2D eigenvalue weighted by Gasteiger charge is 2.23. The Balaban J connectivity index is 2.39. The number of aliphatic hydroxyl groups is 1. The molecule has 1 aliphatic heterocycles. The molecule has 0 aromatic rings. The summed E-state index contributed by atoms with van der Waals surface area (Å²) in [5, 5.41) is 9.73. The summed E-state index contributed by atoms with van der Waals surface area (Å²) in [5.41, 5.74) is 0. The number of likely N-dealkylation sites (tertiary alicyclic amines) is 1. The number of nitrogens with zero attached hydrogens (tertiary/aromatic N) is 1. The molecule has 2 N–H and O–H groups in total. The number of piperidine rings is 1. The van der Waals surface area contributed by atoms with Gasteiger partial charge < -0.3 is 5.11 Å². The number of hydrogen-bond donors (Lipinski definition) is 2. The molecule has 5 nitrogen and oxygen atoms in total. The van der Waals surface area contributed by atoms with Crippen LogP contribution in [0.1, 0.15) is 39.0 Å². The van der Waals surface area contributed by atoms with Crippen molar-refractivity contribution >= 4 is 10.0 Å². The summed E-state index contributed by atoms with van der Waals surface area (Å²) < 4.78 is 24.6. The van der Waals surface area contributed by atoms with Crippen molar-refractivity contribution in [1.29, 1.82) is 0 Å². The first-order valence-electron chi connectivity index (χ1n) is 6.79. The Morgan fingerprint density at radius 1 is 1.44 bits per heavy atom. The monoisotopic (exact) mass is 278 g/mol. The van der Waals surface area contributed by atoms with Crippen molar-refractivity contribution in [2.75, 3.05) is 25.9 Å². The summed E-state index contributed by atoms with van der Waals surface area (Å²) >= 11 is 0. The average molecular weight is 278 g/mol. The van der Waals surface area contributed by atoms with E-state index in [0.717, 1.165) is 25.8 Å². The zero-order chi connectivity index (χ0) is 13.6. The molecule has 2 unspecified atom stereocenters. The maximum atomic E-state index is 11.0. The van der Waals surface area contributed by atoms with Gasteiger partial charge in [-0.05, 0) is 32.2 Å². The lowest BCUT2D eigenvalue weighted by atomic mass is 9.98. The van der Waals surface area contributed by atoms with Gasteiger partial charge in [-0.1, -0.05) is 13.3 Å². The van der Waals surface area contributed by atoms with Gasteiger partial charge >= 0.3 is 0 Å².